The zero-order chi connectivity index (χ0) is 19.0. The van der Waals surface area contributed by atoms with E-state index in [2.05, 4.69) is 35.1 Å². The fraction of sp³-hybridized carbons (Fsp3) is 0.381. The van der Waals surface area contributed by atoms with E-state index >= 15 is 0 Å². The minimum absolute atomic E-state index is 0.176. The zero-order valence-electron chi connectivity index (χ0n) is 16.1. The van der Waals surface area contributed by atoms with Crippen molar-refractivity contribution in [3.8, 4) is 17.2 Å². The van der Waals surface area contributed by atoms with Gasteiger partial charge in [-0.15, -0.1) is 0 Å². The van der Waals surface area contributed by atoms with Crippen molar-refractivity contribution in [2.75, 3.05) is 46.4 Å². The van der Waals surface area contributed by atoms with Crippen LogP contribution in [0.25, 0.3) is 0 Å². The molecule has 2 aliphatic rings. The van der Waals surface area contributed by atoms with Gasteiger partial charge in [-0.3, -0.25) is 0 Å². The summed E-state index contributed by atoms with van der Waals surface area (Å²) < 4.78 is 22.5. The maximum Gasteiger partial charge on any atom is 0.216 e. The molecule has 0 aliphatic carbocycles. The second-order valence-electron chi connectivity index (χ2n) is 6.73. The number of methoxy groups -OCH3 is 3. The van der Waals surface area contributed by atoms with Crippen LogP contribution in [0.5, 0.6) is 17.2 Å². The summed E-state index contributed by atoms with van der Waals surface area (Å²) in [6.45, 7) is 1.62. The van der Waals surface area contributed by atoms with Crippen LogP contribution < -0.4 is 19.1 Å². The third kappa shape index (κ3) is 3.05. The average molecular weight is 368 g/mol. The van der Waals surface area contributed by atoms with Gasteiger partial charge in [-0.05, 0) is 42.3 Å². The van der Waals surface area contributed by atoms with Crippen molar-refractivity contribution < 1.29 is 18.9 Å². The molecule has 2 heterocycles. The predicted molar refractivity (Wildman–Crippen MR) is 105 cm³/mol. The Hall–Kier alpha value is -2.89. The Labute approximate surface area is 159 Å². The highest BCUT2D eigenvalue weighted by Crippen LogP contribution is 2.41. The molecule has 0 saturated carbocycles. The summed E-state index contributed by atoms with van der Waals surface area (Å²) in [5, 5.41) is 0. The SMILES string of the molecule is COc1cc(C2CN=C(c3ccc4c(c3)CCN4C)O2)cc(OC)c1OC. The molecule has 0 aromatic heterocycles. The highest BCUT2D eigenvalue weighted by molar-refractivity contribution is 5.96. The molecule has 27 heavy (non-hydrogen) atoms. The van der Waals surface area contributed by atoms with E-state index in [9.17, 15) is 0 Å². The maximum absolute atomic E-state index is 6.18. The molecule has 0 N–H and O–H groups in total. The first kappa shape index (κ1) is 17.5. The number of fused-ring (bicyclic) bond motifs is 1. The molecule has 2 aliphatic heterocycles. The summed E-state index contributed by atoms with van der Waals surface area (Å²) in [5.74, 6) is 2.49. The van der Waals surface area contributed by atoms with Gasteiger partial charge in [0.15, 0.2) is 11.5 Å². The van der Waals surface area contributed by atoms with Crippen molar-refractivity contribution in [1.29, 1.82) is 0 Å². The van der Waals surface area contributed by atoms with E-state index in [-0.39, 0.29) is 6.10 Å². The van der Waals surface area contributed by atoms with Crippen LogP contribution in [0.4, 0.5) is 5.69 Å². The third-order valence-electron chi connectivity index (χ3n) is 5.17. The van der Waals surface area contributed by atoms with E-state index in [0.29, 0.717) is 29.7 Å². The minimum Gasteiger partial charge on any atom is -0.493 e. The largest absolute Gasteiger partial charge is 0.493 e. The Morgan fingerprint density at radius 3 is 2.44 bits per heavy atom. The Balaban J connectivity index is 1.58. The number of benzene rings is 2. The summed E-state index contributed by atoms with van der Waals surface area (Å²) in [6.07, 6.45) is 0.883. The normalized spacial score (nSPS) is 18.0. The molecule has 142 valence electrons. The Kier molecular flexibility index (Phi) is 4.56. The van der Waals surface area contributed by atoms with Gasteiger partial charge in [-0.1, -0.05) is 0 Å². The number of ether oxygens (including phenoxy) is 4. The van der Waals surface area contributed by atoms with E-state index in [0.717, 1.165) is 24.1 Å². The van der Waals surface area contributed by atoms with Gasteiger partial charge in [-0.2, -0.15) is 0 Å². The van der Waals surface area contributed by atoms with Crippen molar-refractivity contribution in [2.24, 2.45) is 4.99 Å². The number of hydrogen-bond donors (Lipinski definition) is 0. The molecule has 2 aromatic carbocycles. The molecule has 6 heteroatoms. The predicted octanol–water partition coefficient (Wildman–Crippen LogP) is 3.22. The van der Waals surface area contributed by atoms with Crippen LogP contribution in [0, 0.1) is 0 Å². The monoisotopic (exact) mass is 368 g/mol. The molecule has 1 atom stereocenters. The van der Waals surface area contributed by atoms with Crippen molar-refractivity contribution in [1.82, 2.24) is 0 Å². The van der Waals surface area contributed by atoms with Gasteiger partial charge in [-0.25, -0.2) is 4.99 Å². The van der Waals surface area contributed by atoms with Gasteiger partial charge in [0, 0.05) is 30.4 Å². The van der Waals surface area contributed by atoms with E-state index < -0.39 is 0 Å². The number of nitrogens with zero attached hydrogens (tertiary/aromatic N) is 2. The first-order chi connectivity index (χ1) is 13.1. The van der Waals surface area contributed by atoms with Crippen molar-refractivity contribution >= 4 is 11.6 Å². The molecule has 0 amide bonds. The van der Waals surface area contributed by atoms with Crippen LogP contribution in [-0.2, 0) is 11.2 Å². The fourth-order valence-corrected chi connectivity index (χ4v) is 3.69. The maximum atomic E-state index is 6.18. The summed E-state index contributed by atoms with van der Waals surface area (Å²) in [6, 6.07) is 10.3. The molecule has 0 fully saturated rings. The molecule has 0 saturated heterocycles. The summed E-state index contributed by atoms with van der Waals surface area (Å²) >= 11 is 0. The lowest BCUT2D eigenvalue weighted by atomic mass is 10.1. The third-order valence-corrected chi connectivity index (χ3v) is 5.17. The first-order valence-electron chi connectivity index (χ1n) is 9.00. The number of hydrogen-bond acceptors (Lipinski definition) is 6. The molecule has 0 spiro atoms. The quantitative estimate of drug-likeness (QED) is 0.811. The van der Waals surface area contributed by atoms with Crippen molar-refractivity contribution in [2.45, 2.75) is 12.5 Å². The van der Waals surface area contributed by atoms with Gasteiger partial charge in [0.25, 0.3) is 0 Å². The van der Waals surface area contributed by atoms with Crippen LogP contribution in [0.2, 0.25) is 0 Å². The van der Waals surface area contributed by atoms with Gasteiger partial charge in [0.2, 0.25) is 11.6 Å². The summed E-state index contributed by atoms with van der Waals surface area (Å²) in [4.78, 5) is 6.90. The fourth-order valence-electron chi connectivity index (χ4n) is 3.69. The van der Waals surface area contributed by atoms with Crippen LogP contribution in [-0.4, -0.2) is 47.4 Å². The highest BCUT2D eigenvalue weighted by atomic mass is 16.5. The van der Waals surface area contributed by atoms with Crippen LogP contribution in [0.3, 0.4) is 0 Å². The smallest absolute Gasteiger partial charge is 0.216 e. The molecule has 0 bridgehead atoms. The zero-order valence-corrected chi connectivity index (χ0v) is 16.1. The topological polar surface area (TPSA) is 52.5 Å². The minimum atomic E-state index is -0.176. The molecular formula is C21H24N2O4. The first-order valence-corrected chi connectivity index (χ1v) is 9.00. The molecule has 4 rings (SSSR count). The van der Waals surface area contributed by atoms with E-state index in [1.807, 2.05) is 12.1 Å². The van der Waals surface area contributed by atoms with Gasteiger partial charge < -0.3 is 23.8 Å². The second-order valence-corrected chi connectivity index (χ2v) is 6.73. The highest BCUT2D eigenvalue weighted by Gasteiger charge is 2.27. The Morgan fingerprint density at radius 2 is 1.78 bits per heavy atom. The van der Waals surface area contributed by atoms with Gasteiger partial charge in [0.1, 0.15) is 6.10 Å². The molecule has 1 unspecified atom stereocenters. The summed E-state index contributed by atoms with van der Waals surface area (Å²) in [7, 11) is 6.94. The molecule has 6 nitrogen and oxygen atoms in total. The van der Waals surface area contributed by atoms with Gasteiger partial charge >= 0.3 is 0 Å². The second kappa shape index (κ2) is 7.02. The van der Waals surface area contributed by atoms with E-state index in [1.54, 1.807) is 21.3 Å². The van der Waals surface area contributed by atoms with Crippen molar-refractivity contribution in [3.05, 3.63) is 47.0 Å². The molecular weight excluding hydrogens is 344 g/mol. The summed E-state index contributed by atoms with van der Waals surface area (Å²) in [5.41, 5.74) is 4.61. The number of aliphatic imine (C=N–C) groups is 1. The Bertz CT molecular complexity index is 869. The lowest BCUT2D eigenvalue weighted by molar-refractivity contribution is 0.228. The molecule has 2 aromatic rings. The Morgan fingerprint density at radius 1 is 1.04 bits per heavy atom. The van der Waals surface area contributed by atoms with Crippen LogP contribution in [0.15, 0.2) is 35.3 Å². The van der Waals surface area contributed by atoms with Crippen LogP contribution in [0.1, 0.15) is 22.8 Å². The van der Waals surface area contributed by atoms with Crippen molar-refractivity contribution in [3.63, 3.8) is 0 Å². The lowest BCUT2D eigenvalue weighted by Crippen LogP contribution is -2.12. The standard InChI is InChI=1S/C21H24N2O4/c1-23-8-7-13-9-14(5-6-16(13)23)21-22-12-19(27-21)15-10-17(24-2)20(26-4)18(11-15)25-3/h5-6,9-11,19H,7-8,12H2,1-4H3. The van der Waals surface area contributed by atoms with E-state index in [4.69, 9.17) is 18.9 Å². The van der Waals surface area contributed by atoms with E-state index in [1.165, 1.54) is 11.3 Å². The van der Waals surface area contributed by atoms with Crippen LogP contribution >= 0.6 is 0 Å². The molecule has 0 radical (unpaired) electrons. The van der Waals surface area contributed by atoms with Gasteiger partial charge in [0.05, 0.1) is 27.9 Å². The average Bonchev–Trinajstić information content (AvgIpc) is 3.34. The lowest BCUT2D eigenvalue weighted by Gasteiger charge is -2.17. The number of anilines is 1. The number of likely N-dealkylation sites (N-methyl/N-ethyl adjacent to an activating group) is 1. The number of rotatable bonds is 5.